The van der Waals surface area contributed by atoms with Gasteiger partial charge >= 0.3 is 0 Å². The van der Waals surface area contributed by atoms with Gasteiger partial charge in [0.05, 0.1) is 10.2 Å². The van der Waals surface area contributed by atoms with E-state index in [2.05, 4.69) is 0 Å². The van der Waals surface area contributed by atoms with Gasteiger partial charge in [-0.1, -0.05) is 17.7 Å². The molecule has 3 N–H and O–H groups in total. The van der Waals surface area contributed by atoms with Gasteiger partial charge in [0.25, 0.3) is 10.1 Å². The summed E-state index contributed by atoms with van der Waals surface area (Å²) < 4.78 is 29.6. The van der Waals surface area contributed by atoms with E-state index in [9.17, 15) is 8.42 Å². The predicted molar refractivity (Wildman–Crippen MR) is 61.2 cm³/mol. The Morgan fingerprint density at radius 1 is 1.20 bits per heavy atom. The molecular formula is C8H12Cl2O4S. The molecule has 1 rings (SSSR count). The van der Waals surface area contributed by atoms with Gasteiger partial charge in [-0.3, -0.25) is 4.55 Å². The molecule has 15 heavy (non-hydrogen) atoms. The summed E-state index contributed by atoms with van der Waals surface area (Å²) >= 11 is 9.53. The lowest BCUT2D eigenvalue weighted by atomic mass is 10.2. The first-order valence-electron chi connectivity index (χ1n) is 3.58. The smallest absolute Gasteiger partial charge is 0.294 e. The van der Waals surface area contributed by atoms with E-state index in [0.717, 1.165) is 5.56 Å². The first-order chi connectivity index (χ1) is 6.41. The highest BCUT2D eigenvalue weighted by Gasteiger charge is 2.06. The van der Waals surface area contributed by atoms with Crippen LogP contribution in [0.1, 0.15) is 5.56 Å². The summed E-state index contributed by atoms with van der Waals surface area (Å²) in [5, 5.41) is 0.194. The van der Waals surface area contributed by atoms with Gasteiger partial charge in [-0.2, -0.15) is 8.42 Å². The van der Waals surface area contributed by atoms with Gasteiger partial charge in [-0.15, -0.1) is 23.2 Å². The molecule has 88 valence electrons. The van der Waals surface area contributed by atoms with Crippen LogP contribution in [0.2, 0.25) is 0 Å². The van der Waals surface area contributed by atoms with Crippen LogP contribution >= 0.6 is 23.2 Å². The summed E-state index contributed by atoms with van der Waals surface area (Å²) in [6, 6.07) is 5.99. The van der Waals surface area contributed by atoms with E-state index in [1.807, 2.05) is 6.92 Å². The van der Waals surface area contributed by atoms with Crippen molar-refractivity contribution in [3.8, 4) is 0 Å². The van der Waals surface area contributed by atoms with Gasteiger partial charge in [0.1, 0.15) is 0 Å². The fraction of sp³-hybridized carbons (Fsp3) is 0.250. The molecule has 0 atom stereocenters. The molecule has 0 fully saturated rings. The zero-order valence-electron chi connectivity index (χ0n) is 7.94. The highest BCUT2D eigenvalue weighted by Crippen LogP contribution is 2.08. The highest BCUT2D eigenvalue weighted by atomic mass is 35.5. The monoisotopic (exact) mass is 274 g/mol. The number of rotatable bonds is 1. The van der Waals surface area contributed by atoms with Gasteiger partial charge in [-0.25, -0.2) is 0 Å². The second-order valence-corrected chi connectivity index (χ2v) is 4.62. The van der Waals surface area contributed by atoms with E-state index >= 15 is 0 Å². The minimum Gasteiger partial charge on any atom is -0.412 e. The third kappa shape index (κ3) is 7.58. The third-order valence-electron chi connectivity index (χ3n) is 1.32. The molecule has 0 aliphatic carbocycles. The lowest BCUT2D eigenvalue weighted by Gasteiger charge is -1.95. The van der Waals surface area contributed by atoms with Crippen molar-refractivity contribution in [3.05, 3.63) is 29.8 Å². The van der Waals surface area contributed by atoms with Crippen molar-refractivity contribution in [1.82, 2.24) is 0 Å². The van der Waals surface area contributed by atoms with Crippen LogP contribution in [0.4, 0.5) is 0 Å². The number of hydrogen-bond acceptors (Lipinski definition) is 2. The number of halogens is 2. The molecule has 0 unspecified atom stereocenters. The van der Waals surface area contributed by atoms with Crippen LogP contribution in [-0.4, -0.2) is 23.8 Å². The maximum atomic E-state index is 10.5. The van der Waals surface area contributed by atoms with Crippen LogP contribution in [-0.2, 0) is 10.1 Å². The van der Waals surface area contributed by atoms with Crippen molar-refractivity contribution < 1.29 is 18.4 Å². The number of hydrogen-bond donors (Lipinski definition) is 1. The highest BCUT2D eigenvalue weighted by molar-refractivity contribution is 7.85. The van der Waals surface area contributed by atoms with E-state index in [1.165, 1.54) is 12.1 Å². The van der Waals surface area contributed by atoms with E-state index in [1.54, 1.807) is 12.1 Å². The number of benzene rings is 1. The molecule has 0 aromatic heterocycles. The van der Waals surface area contributed by atoms with Crippen LogP contribution in [0.5, 0.6) is 0 Å². The van der Waals surface area contributed by atoms with E-state index in [-0.39, 0.29) is 15.7 Å². The van der Waals surface area contributed by atoms with Crippen molar-refractivity contribution in [3.63, 3.8) is 0 Å². The average molecular weight is 275 g/mol. The van der Waals surface area contributed by atoms with Crippen molar-refractivity contribution in [2.24, 2.45) is 0 Å². The quantitative estimate of drug-likeness (QED) is 0.626. The fourth-order valence-electron chi connectivity index (χ4n) is 0.710. The molecule has 7 heteroatoms. The molecule has 0 radical (unpaired) electrons. The standard InChI is InChI=1S/C7H8O3S.CH2Cl2.H2O/c1-6-2-4-7(5-3-6)11(8,9)10;2-1-3;/h2-5H,1H3,(H,8,9,10);1H2;1H2. The molecule has 0 bridgehead atoms. The maximum absolute atomic E-state index is 10.5. The van der Waals surface area contributed by atoms with Crippen LogP contribution in [0.15, 0.2) is 29.2 Å². The predicted octanol–water partition coefficient (Wildman–Crippen LogP) is 1.84. The molecule has 0 saturated heterocycles. The summed E-state index contributed by atoms with van der Waals surface area (Å²) in [5.74, 6) is 0. The second-order valence-electron chi connectivity index (χ2n) is 2.39. The van der Waals surface area contributed by atoms with Crippen LogP contribution in [0.3, 0.4) is 0 Å². The molecule has 0 aliphatic rings. The Labute approximate surface area is 98.9 Å². The Bertz CT molecular complexity index is 361. The third-order valence-corrected chi connectivity index (χ3v) is 2.19. The SMILES string of the molecule is Cc1ccc(S(=O)(=O)O)cc1.ClCCl.O. The maximum Gasteiger partial charge on any atom is 0.294 e. The van der Waals surface area contributed by atoms with Crippen LogP contribution in [0, 0.1) is 6.92 Å². The van der Waals surface area contributed by atoms with Gasteiger partial charge < -0.3 is 5.48 Å². The van der Waals surface area contributed by atoms with E-state index < -0.39 is 10.1 Å². The zero-order chi connectivity index (χ0) is 11.2. The van der Waals surface area contributed by atoms with Crippen molar-refractivity contribution >= 4 is 33.3 Å². The Kier molecular flexibility index (Phi) is 8.99. The molecule has 0 heterocycles. The summed E-state index contributed by atoms with van der Waals surface area (Å²) in [5.41, 5.74) is 0.956. The van der Waals surface area contributed by atoms with E-state index in [0.29, 0.717) is 0 Å². The molecule has 0 aliphatic heterocycles. The molecule has 0 spiro atoms. The van der Waals surface area contributed by atoms with Crippen LogP contribution in [0.25, 0.3) is 0 Å². The van der Waals surface area contributed by atoms with Crippen molar-refractivity contribution in [2.45, 2.75) is 11.8 Å². The lowest BCUT2D eigenvalue weighted by Crippen LogP contribution is -1.96. The normalized spacial score (nSPS) is 9.60. The molecule has 4 nitrogen and oxygen atoms in total. The van der Waals surface area contributed by atoms with Crippen molar-refractivity contribution in [2.75, 3.05) is 5.34 Å². The Morgan fingerprint density at radius 3 is 1.80 bits per heavy atom. The fourth-order valence-corrected chi connectivity index (χ4v) is 1.19. The minimum absolute atomic E-state index is 0. The van der Waals surface area contributed by atoms with Gasteiger partial charge in [0.15, 0.2) is 0 Å². The molecule has 0 saturated carbocycles. The Morgan fingerprint density at radius 2 is 1.53 bits per heavy atom. The first-order valence-corrected chi connectivity index (χ1v) is 6.09. The van der Waals surface area contributed by atoms with E-state index in [4.69, 9.17) is 27.8 Å². The summed E-state index contributed by atoms with van der Waals surface area (Å²) in [4.78, 5) is -0.0666. The van der Waals surface area contributed by atoms with Crippen molar-refractivity contribution in [1.29, 1.82) is 0 Å². The Balaban J connectivity index is 0. The minimum atomic E-state index is -4.02. The number of aryl methyl sites for hydroxylation is 1. The van der Waals surface area contributed by atoms with Gasteiger partial charge in [-0.05, 0) is 19.1 Å². The average Bonchev–Trinajstić information content (AvgIpc) is 2.04. The molecular weight excluding hydrogens is 263 g/mol. The summed E-state index contributed by atoms with van der Waals surface area (Å²) in [6.45, 7) is 1.84. The lowest BCUT2D eigenvalue weighted by molar-refractivity contribution is 0.483. The second kappa shape index (κ2) is 7.90. The zero-order valence-corrected chi connectivity index (χ0v) is 10.3. The number of alkyl halides is 2. The summed E-state index contributed by atoms with van der Waals surface area (Å²) in [7, 11) is -4.02. The molecule has 1 aromatic carbocycles. The molecule has 1 aromatic rings. The molecule has 0 amide bonds. The van der Waals surface area contributed by atoms with Gasteiger partial charge in [0, 0.05) is 0 Å². The summed E-state index contributed by atoms with van der Waals surface area (Å²) in [6.07, 6.45) is 0. The largest absolute Gasteiger partial charge is 0.412 e. The topological polar surface area (TPSA) is 85.9 Å². The Hall–Kier alpha value is -0.330. The van der Waals surface area contributed by atoms with Crippen LogP contribution < -0.4 is 0 Å². The van der Waals surface area contributed by atoms with Gasteiger partial charge in [0.2, 0.25) is 0 Å². The first kappa shape index (κ1) is 17.1.